The second-order valence-corrected chi connectivity index (χ2v) is 7.40. The molecule has 2 aromatic carbocycles. The van der Waals surface area contributed by atoms with Crippen molar-refractivity contribution in [2.45, 2.75) is 19.3 Å². The number of nitrogens with zero attached hydrogens (tertiary/aromatic N) is 1. The molecule has 0 unspecified atom stereocenters. The Morgan fingerprint density at radius 2 is 1.61 bits per heavy atom. The van der Waals surface area contributed by atoms with E-state index in [4.69, 9.17) is 0 Å². The van der Waals surface area contributed by atoms with Crippen molar-refractivity contribution in [1.29, 1.82) is 0 Å². The van der Waals surface area contributed by atoms with E-state index in [1.165, 1.54) is 10.5 Å². The first kappa shape index (κ1) is 20.1. The number of hydrogen-bond acceptors (Lipinski definition) is 2. The van der Waals surface area contributed by atoms with Crippen molar-refractivity contribution in [3.63, 3.8) is 0 Å². The van der Waals surface area contributed by atoms with Gasteiger partial charge in [0.2, 0.25) is 0 Å². The van der Waals surface area contributed by atoms with E-state index in [0.29, 0.717) is 32.1 Å². The topological polar surface area (TPSA) is 53.9 Å². The zero-order chi connectivity index (χ0) is 19.8. The average Bonchev–Trinajstić information content (AvgIpc) is 2.75. The Bertz CT molecular complexity index is 756. The molecule has 0 aliphatic carbocycles. The van der Waals surface area contributed by atoms with Crippen molar-refractivity contribution in [3.05, 3.63) is 71.8 Å². The summed E-state index contributed by atoms with van der Waals surface area (Å²) in [4.78, 5) is 28.0. The second kappa shape index (κ2) is 10.0. The van der Waals surface area contributed by atoms with Crippen LogP contribution >= 0.6 is 0 Å². The molecule has 1 aliphatic rings. The number of benzene rings is 2. The summed E-state index contributed by atoms with van der Waals surface area (Å²) in [5.74, 6) is 0.519. The van der Waals surface area contributed by atoms with Gasteiger partial charge in [0.15, 0.2) is 6.54 Å². The highest BCUT2D eigenvalue weighted by Gasteiger charge is 2.26. The van der Waals surface area contributed by atoms with E-state index in [9.17, 15) is 9.59 Å². The molecule has 5 heteroatoms. The Morgan fingerprint density at radius 1 is 1.00 bits per heavy atom. The zero-order valence-electron chi connectivity index (χ0n) is 16.6. The standard InChI is InChI=1S/C23H29N3O2/c1-2-19(20-9-5-3-6-10-20)17-24-22(27)18-25-13-15-26(16-14-25)23(28)21-11-7-4-8-12-21/h3-12,19H,2,13-18H2,1H3,(H,24,27)/p+1/t19-/m0/s1. The van der Waals surface area contributed by atoms with E-state index in [1.54, 1.807) is 0 Å². The molecular formula is C23H30N3O2+. The smallest absolute Gasteiger partial charge is 0.275 e. The van der Waals surface area contributed by atoms with Crippen molar-refractivity contribution in [3.8, 4) is 0 Å². The van der Waals surface area contributed by atoms with Crippen LogP contribution in [0.5, 0.6) is 0 Å². The molecule has 1 fully saturated rings. The van der Waals surface area contributed by atoms with Gasteiger partial charge in [0.1, 0.15) is 0 Å². The van der Waals surface area contributed by atoms with Gasteiger partial charge in [0.25, 0.3) is 11.8 Å². The van der Waals surface area contributed by atoms with Crippen LogP contribution in [-0.4, -0.2) is 56.0 Å². The van der Waals surface area contributed by atoms with Crippen LogP contribution in [0, 0.1) is 0 Å². The van der Waals surface area contributed by atoms with Gasteiger partial charge in [0, 0.05) is 18.0 Å². The molecule has 0 bridgehead atoms. The number of piperazine rings is 1. The van der Waals surface area contributed by atoms with E-state index >= 15 is 0 Å². The molecule has 1 atom stereocenters. The van der Waals surface area contributed by atoms with Crippen LogP contribution in [0.4, 0.5) is 0 Å². The maximum atomic E-state index is 12.5. The molecule has 2 N–H and O–H groups in total. The van der Waals surface area contributed by atoms with Gasteiger partial charge < -0.3 is 15.1 Å². The Labute approximate surface area is 167 Å². The van der Waals surface area contributed by atoms with Gasteiger partial charge in [0.05, 0.1) is 26.2 Å². The molecule has 0 radical (unpaired) electrons. The fourth-order valence-corrected chi connectivity index (χ4v) is 3.72. The van der Waals surface area contributed by atoms with E-state index in [1.807, 2.05) is 53.4 Å². The SMILES string of the molecule is CC[C@@H](CNC(=O)C[NH+]1CCN(C(=O)c2ccccc2)CC1)c1ccccc1. The number of carbonyl (C=O) groups excluding carboxylic acids is 2. The van der Waals surface area contributed by atoms with Crippen LogP contribution in [-0.2, 0) is 4.79 Å². The maximum absolute atomic E-state index is 12.5. The van der Waals surface area contributed by atoms with E-state index in [2.05, 4.69) is 24.4 Å². The Morgan fingerprint density at radius 3 is 2.21 bits per heavy atom. The number of carbonyl (C=O) groups is 2. The number of nitrogens with one attached hydrogen (secondary N) is 2. The van der Waals surface area contributed by atoms with Crippen LogP contribution in [0.15, 0.2) is 60.7 Å². The summed E-state index contributed by atoms with van der Waals surface area (Å²) in [5, 5.41) is 3.10. The highest BCUT2D eigenvalue weighted by molar-refractivity contribution is 5.94. The fraction of sp³-hybridized carbons (Fsp3) is 0.391. The summed E-state index contributed by atoms with van der Waals surface area (Å²) in [7, 11) is 0. The lowest BCUT2D eigenvalue weighted by Crippen LogP contribution is -3.15. The van der Waals surface area contributed by atoms with E-state index < -0.39 is 0 Å². The molecule has 28 heavy (non-hydrogen) atoms. The van der Waals surface area contributed by atoms with Gasteiger partial charge in [-0.15, -0.1) is 0 Å². The molecule has 0 saturated carbocycles. The molecule has 5 nitrogen and oxygen atoms in total. The van der Waals surface area contributed by atoms with Crippen LogP contribution < -0.4 is 10.2 Å². The second-order valence-electron chi connectivity index (χ2n) is 7.40. The quantitative estimate of drug-likeness (QED) is 0.762. The van der Waals surface area contributed by atoms with Gasteiger partial charge in [-0.1, -0.05) is 55.5 Å². The molecular weight excluding hydrogens is 350 g/mol. The summed E-state index contributed by atoms with van der Waals surface area (Å²) in [6, 6.07) is 19.7. The van der Waals surface area contributed by atoms with Gasteiger partial charge in [-0.3, -0.25) is 9.59 Å². The normalized spacial score (nSPS) is 15.8. The van der Waals surface area contributed by atoms with Crippen molar-refractivity contribution < 1.29 is 14.5 Å². The minimum absolute atomic E-state index is 0.0813. The van der Waals surface area contributed by atoms with Crippen molar-refractivity contribution in [1.82, 2.24) is 10.2 Å². The fourth-order valence-electron chi connectivity index (χ4n) is 3.72. The summed E-state index contributed by atoms with van der Waals surface area (Å²) in [6.45, 7) is 6.29. The van der Waals surface area contributed by atoms with E-state index in [0.717, 1.165) is 25.1 Å². The Balaban J connectivity index is 1.42. The number of quaternary nitrogens is 1. The summed E-state index contributed by atoms with van der Waals surface area (Å²) in [5.41, 5.74) is 2.00. The van der Waals surface area contributed by atoms with Crippen LogP contribution in [0.25, 0.3) is 0 Å². The summed E-state index contributed by atoms with van der Waals surface area (Å²) in [6.07, 6.45) is 0.997. The molecule has 2 amide bonds. The number of hydrogen-bond donors (Lipinski definition) is 2. The van der Waals surface area contributed by atoms with Gasteiger partial charge in [-0.05, 0) is 24.1 Å². The first-order valence-corrected chi connectivity index (χ1v) is 10.2. The van der Waals surface area contributed by atoms with Crippen molar-refractivity contribution >= 4 is 11.8 Å². The maximum Gasteiger partial charge on any atom is 0.275 e. The minimum Gasteiger partial charge on any atom is -0.351 e. The predicted octanol–water partition coefficient (Wildman–Crippen LogP) is 1.34. The van der Waals surface area contributed by atoms with Crippen molar-refractivity contribution in [2.24, 2.45) is 0 Å². The van der Waals surface area contributed by atoms with Gasteiger partial charge >= 0.3 is 0 Å². The summed E-state index contributed by atoms with van der Waals surface area (Å²) < 4.78 is 0. The molecule has 0 spiro atoms. The molecule has 1 saturated heterocycles. The third-order valence-electron chi connectivity index (χ3n) is 5.50. The lowest BCUT2D eigenvalue weighted by Gasteiger charge is -2.32. The van der Waals surface area contributed by atoms with E-state index in [-0.39, 0.29) is 11.8 Å². The predicted molar refractivity (Wildman–Crippen MR) is 110 cm³/mol. The van der Waals surface area contributed by atoms with Crippen molar-refractivity contribution in [2.75, 3.05) is 39.3 Å². The minimum atomic E-state index is 0.0813. The van der Waals surface area contributed by atoms with Gasteiger partial charge in [-0.2, -0.15) is 0 Å². The average molecular weight is 381 g/mol. The molecule has 1 aliphatic heterocycles. The first-order valence-electron chi connectivity index (χ1n) is 10.2. The van der Waals surface area contributed by atoms with Crippen LogP contribution in [0.3, 0.4) is 0 Å². The van der Waals surface area contributed by atoms with Crippen LogP contribution in [0.1, 0.15) is 35.2 Å². The lowest BCUT2D eigenvalue weighted by molar-refractivity contribution is -0.896. The van der Waals surface area contributed by atoms with Crippen LogP contribution in [0.2, 0.25) is 0 Å². The van der Waals surface area contributed by atoms with Gasteiger partial charge in [-0.25, -0.2) is 0 Å². The Hall–Kier alpha value is -2.66. The largest absolute Gasteiger partial charge is 0.351 e. The molecule has 148 valence electrons. The Kier molecular flexibility index (Phi) is 7.20. The molecule has 1 heterocycles. The number of rotatable bonds is 7. The first-order chi connectivity index (χ1) is 13.7. The highest BCUT2D eigenvalue weighted by atomic mass is 16.2. The highest BCUT2D eigenvalue weighted by Crippen LogP contribution is 2.17. The number of amides is 2. The summed E-state index contributed by atoms with van der Waals surface area (Å²) >= 11 is 0. The molecule has 2 aromatic rings. The third kappa shape index (κ3) is 5.42. The third-order valence-corrected chi connectivity index (χ3v) is 5.50. The molecule has 0 aromatic heterocycles. The molecule has 3 rings (SSSR count). The monoisotopic (exact) mass is 380 g/mol. The zero-order valence-corrected chi connectivity index (χ0v) is 16.6. The lowest BCUT2D eigenvalue weighted by atomic mass is 9.96.